The molecule has 0 saturated carbocycles. The molecule has 2 heterocycles. The van der Waals surface area contributed by atoms with E-state index in [-0.39, 0.29) is 17.3 Å². The molecule has 1 aromatic carbocycles. The Kier molecular flexibility index (Phi) is 5.06. The molecule has 0 bridgehead atoms. The first kappa shape index (κ1) is 17.7. The van der Waals surface area contributed by atoms with Gasteiger partial charge in [0.25, 0.3) is 5.91 Å². The van der Waals surface area contributed by atoms with Gasteiger partial charge in [0.1, 0.15) is 5.69 Å². The number of rotatable bonds is 4. The Morgan fingerprint density at radius 2 is 1.77 bits per heavy atom. The Morgan fingerprint density at radius 1 is 1.04 bits per heavy atom. The van der Waals surface area contributed by atoms with E-state index < -0.39 is 17.5 Å². The number of nitrogens with zero attached hydrogens (tertiary/aromatic N) is 3. The molecule has 26 heavy (non-hydrogen) atoms. The molecule has 1 N–H and O–H groups in total. The van der Waals surface area contributed by atoms with Crippen LogP contribution in [0.4, 0.5) is 24.5 Å². The summed E-state index contributed by atoms with van der Waals surface area (Å²) in [6.45, 7) is 1.76. The smallest absolute Gasteiger partial charge is 0.272 e. The van der Waals surface area contributed by atoms with Gasteiger partial charge in [-0.2, -0.15) is 0 Å². The Bertz CT molecular complexity index is 822. The lowest BCUT2D eigenvalue weighted by Crippen LogP contribution is -2.48. The predicted octanol–water partition coefficient (Wildman–Crippen LogP) is 2.16. The zero-order valence-corrected chi connectivity index (χ0v) is 13.6. The van der Waals surface area contributed by atoms with Crippen LogP contribution in [0.15, 0.2) is 30.5 Å². The fourth-order valence-electron chi connectivity index (χ4n) is 2.56. The molecule has 0 spiro atoms. The van der Waals surface area contributed by atoms with Crippen molar-refractivity contribution in [3.05, 3.63) is 53.6 Å². The fraction of sp³-hybridized carbons (Fsp3) is 0.235. The lowest BCUT2D eigenvalue weighted by atomic mass is 10.2. The van der Waals surface area contributed by atoms with Gasteiger partial charge in [-0.15, -0.1) is 0 Å². The first-order chi connectivity index (χ1) is 12.5. The maximum absolute atomic E-state index is 13.7. The van der Waals surface area contributed by atoms with Crippen LogP contribution in [0.1, 0.15) is 10.5 Å². The van der Waals surface area contributed by atoms with E-state index in [0.717, 1.165) is 18.5 Å². The molecule has 1 aliphatic rings. The molecule has 0 aliphatic carbocycles. The number of piperazine rings is 1. The van der Waals surface area contributed by atoms with E-state index in [2.05, 4.69) is 10.3 Å². The summed E-state index contributed by atoms with van der Waals surface area (Å²) in [5, 5.41) is 2.58. The topological polar surface area (TPSA) is 65.5 Å². The molecule has 2 aromatic rings. The number of pyridine rings is 1. The molecule has 1 aromatic heterocycles. The number of hydrogen-bond donors (Lipinski definition) is 1. The summed E-state index contributed by atoms with van der Waals surface area (Å²) in [5.41, 5.74) is 0.271. The van der Waals surface area contributed by atoms with E-state index in [1.165, 1.54) is 18.3 Å². The van der Waals surface area contributed by atoms with Gasteiger partial charge in [-0.3, -0.25) is 9.59 Å². The number of amides is 2. The molecule has 0 unspecified atom stereocenters. The highest BCUT2D eigenvalue weighted by Crippen LogP contribution is 2.23. The van der Waals surface area contributed by atoms with E-state index in [0.29, 0.717) is 31.9 Å². The van der Waals surface area contributed by atoms with Crippen LogP contribution in [0.3, 0.4) is 0 Å². The summed E-state index contributed by atoms with van der Waals surface area (Å²) in [5.74, 6) is -4.45. The molecule has 1 aliphatic heterocycles. The Balaban J connectivity index is 1.68. The number of hydrogen-bond acceptors (Lipinski definition) is 4. The van der Waals surface area contributed by atoms with Gasteiger partial charge >= 0.3 is 0 Å². The van der Waals surface area contributed by atoms with Crippen LogP contribution in [0.2, 0.25) is 0 Å². The summed E-state index contributed by atoms with van der Waals surface area (Å²) < 4.78 is 39.9. The van der Waals surface area contributed by atoms with Crippen molar-refractivity contribution in [1.82, 2.24) is 14.8 Å². The second-order valence-corrected chi connectivity index (χ2v) is 5.71. The van der Waals surface area contributed by atoms with E-state index >= 15 is 0 Å². The molecular formula is C17H15F3N4O2. The lowest BCUT2D eigenvalue weighted by molar-refractivity contribution is -0.119. The Labute approximate surface area is 147 Å². The summed E-state index contributed by atoms with van der Waals surface area (Å²) in [7, 11) is 0. The van der Waals surface area contributed by atoms with Crippen molar-refractivity contribution in [3.63, 3.8) is 0 Å². The van der Waals surface area contributed by atoms with Crippen molar-refractivity contribution in [2.75, 3.05) is 31.5 Å². The van der Waals surface area contributed by atoms with Gasteiger partial charge in [0.15, 0.2) is 17.5 Å². The van der Waals surface area contributed by atoms with Crippen LogP contribution in [0, 0.1) is 17.5 Å². The Morgan fingerprint density at radius 3 is 2.38 bits per heavy atom. The minimum Gasteiger partial charge on any atom is -0.352 e. The highest BCUT2D eigenvalue weighted by molar-refractivity contribution is 5.92. The predicted molar refractivity (Wildman–Crippen MR) is 87.4 cm³/mol. The average Bonchev–Trinajstić information content (AvgIpc) is 2.68. The third kappa shape index (κ3) is 3.61. The van der Waals surface area contributed by atoms with E-state index in [1.54, 1.807) is 9.80 Å². The number of halogens is 3. The molecule has 3 rings (SSSR count). The second-order valence-electron chi connectivity index (χ2n) is 5.71. The molecule has 1 fully saturated rings. The first-order valence-electron chi connectivity index (χ1n) is 7.85. The zero-order chi connectivity index (χ0) is 18.7. The van der Waals surface area contributed by atoms with Crippen molar-refractivity contribution in [2.45, 2.75) is 0 Å². The molecule has 0 radical (unpaired) electrons. The van der Waals surface area contributed by atoms with Crippen LogP contribution in [-0.2, 0) is 4.79 Å². The molecule has 136 valence electrons. The summed E-state index contributed by atoms with van der Waals surface area (Å²) in [6.07, 6.45) is 2.05. The van der Waals surface area contributed by atoms with Crippen molar-refractivity contribution in [3.8, 4) is 0 Å². The zero-order valence-electron chi connectivity index (χ0n) is 13.6. The van der Waals surface area contributed by atoms with Gasteiger partial charge in [0.05, 0.1) is 17.6 Å². The van der Waals surface area contributed by atoms with E-state index in [1.807, 2.05) is 0 Å². The standard InChI is InChI=1S/C17H15F3N4O2/c18-12-2-4-13(16(20)15(12)19)22-11-1-3-14(21-9-11)17(26)24-7-5-23(10-25)6-8-24/h1-4,9-10,22H,5-8H2. The lowest BCUT2D eigenvalue weighted by Gasteiger charge is -2.32. The monoisotopic (exact) mass is 364 g/mol. The molecule has 0 atom stereocenters. The number of benzene rings is 1. The van der Waals surface area contributed by atoms with E-state index in [9.17, 15) is 22.8 Å². The van der Waals surface area contributed by atoms with Crippen LogP contribution in [-0.4, -0.2) is 53.3 Å². The van der Waals surface area contributed by atoms with Crippen LogP contribution in [0.5, 0.6) is 0 Å². The van der Waals surface area contributed by atoms with Crippen molar-refractivity contribution >= 4 is 23.7 Å². The van der Waals surface area contributed by atoms with Gasteiger partial charge in [-0.25, -0.2) is 18.2 Å². The third-order valence-electron chi connectivity index (χ3n) is 4.05. The van der Waals surface area contributed by atoms with E-state index in [4.69, 9.17) is 0 Å². The molecule has 1 saturated heterocycles. The fourth-order valence-corrected chi connectivity index (χ4v) is 2.56. The van der Waals surface area contributed by atoms with Crippen molar-refractivity contribution in [1.29, 1.82) is 0 Å². The highest BCUT2D eigenvalue weighted by atomic mass is 19.2. The second kappa shape index (κ2) is 7.42. The number of carbonyl (C=O) groups is 2. The summed E-state index contributed by atoms with van der Waals surface area (Å²) in [4.78, 5) is 30.3. The van der Waals surface area contributed by atoms with Gasteiger partial charge in [-0.1, -0.05) is 0 Å². The minimum absolute atomic E-state index is 0.195. The van der Waals surface area contributed by atoms with Gasteiger partial charge < -0.3 is 15.1 Å². The number of anilines is 2. The maximum Gasteiger partial charge on any atom is 0.272 e. The van der Waals surface area contributed by atoms with Crippen LogP contribution < -0.4 is 5.32 Å². The molecular weight excluding hydrogens is 349 g/mol. The molecule has 2 amide bonds. The van der Waals surface area contributed by atoms with Gasteiger partial charge in [0, 0.05) is 26.2 Å². The SMILES string of the molecule is O=CN1CCN(C(=O)c2ccc(Nc3ccc(F)c(F)c3F)cn2)CC1. The van der Waals surface area contributed by atoms with Crippen molar-refractivity contribution in [2.24, 2.45) is 0 Å². The molecule has 6 nitrogen and oxygen atoms in total. The molecule has 9 heteroatoms. The summed E-state index contributed by atoms with van der Waals surface area (Å²) >= 11 is 0. The first-order valence-corrected chi connectivity index (χ1v) is 7.85. The summed E-state index contributed by atoms with van der Waals surface area (Å²) in [6, 6.07) is 4.82. The van der Waals surface area contributed by atoms with Crippen molar-refractivity contribution < 1.29 is 22.8 Å². The van der Waals surface area contributed by atoms with Gasteiger partial charge in [-0.05, 0) is 24.3 Å². The maximum atomic E-state index is 13.7. The minimum atomic E-state index is -1.57. The number of carbonyl (C=O) groups excluding carboxylic acids is 2. The average molecular weight is 364 g/mol. The van der Waals surface area contributed by atoms with Gasteiger partial charge in [0.2, 0.25) is 6.41 Å². The largest absolute Gasteiger partial charge is 0.352 e. The third-order valence-corrected chi connectivity index (χ3v) is 4.05. The highest BCUT2D eigenvalue weighted by Gasteiger charge is 2.22. The normalized spacial score (nSPS) is 14.3. The number of aromatic nitrogens is 1. The van der Waals surface area contributed by atoms with Crippen LogP contribution in [0.25, 0.3) is 0 Å². The van der Waals surface area contributed by atoms with Crippen LogP contribution >= 0.6 is 0 Å². The quantitative estimate of drug-likeness (QED) is 0.667. The Hall–Kier alpha value is -3.10. The number of nitrogens with one attached hydrogen (secondary N) is 1.